The van der Waals surface area contributed by atoms with Crippen LogP contribution in [0.25, 0.3) is 10.9 Å². The normalized spacial score (nSPS) is 24.9. The minimum atomic E-state index is -1.31. The van der Waals surface area contributed by atoms with E-state index in [2.05, 4.69) is 11.9 Å². The molecule has 6 nitrogen and oxygen atoms in total. The number of aromatic carboxylic acids is 1. The Kier molecular flexibility index (Phi) is 3.97. The van der Waals surface area contributed by atoms with E-state index in [0.717, 1.165) is 25.7 Å². The monoisotopic (exact) mass is 405 g/mol. The molecule has 0 radical (unpaired) electrons. The fourth-order valence-corrected chi connectivity index (χ4v) is 5.22. The second kappa shape index (κ2) is 6.19. The molecule has 2 aliphatic heterocycles. The smallest absolute Gasteiger partial charge is 0.341 e. The molecule has 2 aromatic rings. The maximum Gasteiger partial charge on any atom is 0.341 e. The summed E-state index contributed by atoms with van der Waals surface area (Å²) in [5, 5.41) is 9.63. The average molecular weight is 406 g/mol. The van der Waals surface area contributed by atoms with E-state index in [1.807, 2.05) is 4.90 Å². The second-order valence-corrected chi connectivity index (χ2v) is 8.57. The maximum atomic E-state index is 15.2. The Bertz CT molecular complexity index is 1050. The van der Waals surface area contributed by atoms with Gasteiger partial charge in [0.1, 0.15) is 11.4 Å². The molecule has 5 rings (SSSR count). The number of likely N-dealkylation sites (N-methyl/N-ethyl adjacent to an activating group) is 1. The molecule has 148 valence electrons. The molecule has 28 heavy (non-hydrogen) atoms. The predicted octanol–water partition coefficient (Wildman–Crippen LogP) is 3.11. The molecule has 0 spiro atoms. The molecule has 3 aliphatic rings. The van der Waals surface area contributed by atoms with Crippen molar-refractivity contribution in [2.24, 2.45) is 0 Å². The fourth-order valence-electron chi connectivity index (χ4n) is 4.81. The third-order valence-corrected chi connectivity index (χ3v) is 6.88. The van der Waals surface area contributed by atoms with Gasteiger partial charge in [-0.3, -0.25) is 9.69 Å². The van der Waals surface area contributed by atoms with E-state index in [9.17, 15) is 14.7 Å². The number of nitrogens with zero attached hydrogens (tertiary/aromatic N) is 3. The van der Waals surface area contributed by atoms with Crippen molar-refractivity contribution in [2.75, 3.05) is 25.0 Å². The SMILES string of the molecule is CN1[C@@H]2CC[C@H]1CN(c1c(F)cc3c(=O)c(C(=O)O)cn(C4CC4)c3c1Cl)C2. The highest BCUT2D eigenvalue weighted by Crippen LogP contribution is 2.43. The van der Waals surface area contributed by atoms with Gasteiger partial charge in [-0.1, -0.05) is 11.6 Å². The number of hydrogen-bond acceptors (Lipinski definition) is 4. The Balaban J connectivity index is 1.72. The van der Waals surface area contributed by atoms with Crippen molar-refractivity contribution in [3.05, 3.63) is 38.9 Å². The van der Waals surface area contributed by atoms with E-state index in [0.29, 0.717) is 36.4 Å². The molecular formula is C20H21ClFN3O3. The minimum absolute atomic E-state index is 0.0372. The number of halogens is 2. The van der Waals surface area contributed by atoms with Gasteiger partial charge >= 0.3 is 5.97 Å². The van der Waals surface area contributed by atoms with E-state index in [1.165, 1.54) is 12.3 Å². The van der Waals surface area contributed by atoms with Crippen molar-refractivity contribution in [1.29, 1.82) is 0 Å². The van der Waals surface area contributed by atoms with Crippen LogP contribution in [0.4, 0.5) is 10.1 Å². The molecule has 3 fully saturated rings. The molecule has 1 N–H and O–H groups in total. The predicted molar refractivity (Wildman–Crippen MR) is 105 cm³/mol. The summed E-state index contributed by atoms with van der Waals surface area (Å²) in [4.78, 5) is 28.5. The third-order valence-electron chi connectivity index (χ3n) is 6.52. The summed E-state index contributed by atoms with van der Waals surface area (Å²) in [6.07, 6.45) is 5.31. The van der Waals surface area contributed by atoms with E-state index >= 15 is 4.39 Å². The van der Waals surface area contributed by atoms with Gasteiger partial charge in [0.2, 0.25) is 5.43 Å². The first-order chi connectivity index (χ1) is 13.4. The van der Waals surface area contributed by atoms with E-state index in [1.54, 1.807) is 4.57 Å². The molecule has 2 atom stereocenters. The lowest BCUT2D eigenvalue weighted by molar-refractivity contribution is 0.0695. The highest BCUT2D eigenvalue weighted by Gasteiger charge is 2.39. The van der Waals surface area contributed by atoms with Crippen LogP contribution in [0, 0.1) is 5.82 Å². The van der Waals surface area contributed by atoms with Crippen LogP contribution in [0.15, 0.2) is 17.1 Å². The molecule has 0 unspecified atom stereocenters. The fraction of sp³-hybridized carbons (Fsp3) is 0.500. The van der Waals surface area contributed by atoms with Gasteiger partial charge in [0.15, 0.2) is 0 Å². The standard InChI is InChI=1S/C20H21ClFN3O3/c1-23-11-4-5-12(23)8-24(7-11)18-15(22)6-13-17(16(18)21)25(10-2-3-10)9-14(19(13)26)20(27)28/h6,9-12H,2-5,7-8H2,1H3,(H,27,28)/t11-,12+. The first-order valence-corrected chi connectivity index (χ1v) is 10.0. The largest absolute Gasteiger partial charge is 0.477 e. The Morgan fingerprint density at radius 2 is 1.79 bits per heavy atom. The third kappa shape index (κ3) is 2.56. The summed E-state index contributed by atoms with van der Waals surface area (Å²) < 4.78 is 16.9. The molecule has 3 heterocycles. The van der Waals surface area contributed by atoms with Gasteiger partial charge in [0.05, 0.1) is 21.6 Å². The number of fused-ring (bicyclic) bond motifs is 3. The summed E-state index contributed by atoms with van der Waals surface area (Å²) in [6.45, 7) is 1.38. The molecule has 1 aromatic carbocycles. The van der Waals surface area contributed by atoms with Crippen LogP contribution in [-0.2, 0) is 0 Å². The summed E-state index contributed by atoms with van der Waals surface area (Å²) >= 11 is 6.71. The number of anilines is 1. The topological polar surface area (TPSA) is 65.8 Å². The molecule has 2 bridgehead atoms. The van der Waals surface area contributed by atoms with Gasteiger partial charge in [0, 0.05) is 37.4 Å². The number of rotatable bonds is 3. The van der Waals surface area contributed by atoms with Gasteiger partial charge in [-0.15, -0.1) is 0 Å². The molecule has 8 heteroatoms. The molecule has 1 saturated carbocycles. The van der Waals surface area contributed by atoms with Gasteiger partial charge in [-0.2, -0.15) is 0 Å². The van der Waals surface area contributed by atoms with E-state index in [4.69, 9.17) is 11.6 Å². The number of carboxylic acid groups (broad SMARTS) is 1. The summed E-state index contributed by atoms with van der Waals surface area (Å²) in [6, 6.07) is 2.00. The van der Waals surface area contributed by atoms with Crippen LogP contribution in [0.5, 0.6) is 0 Å². The van der Waals surface area contributed by atoms with E-state index < -0.39 is 17.2 Å². The van der Waals surface area contributed by atoms with Crippen molar-refractivity contribution in [3.8, 4) is 0 Å². The van der Waals surface area contributed by atoms with Crippen molar-refractivity contribution in [3.63, 3.8) is 0 Å². The van der Waals surface area contributed by atoms with Gasteiger partial charge in [0.25, 0.3) is 0 Å². The van der Waals surface area contributed by atoms with Crippen molar-refractivity contribution >= 4 is 34.2 Å². The second-order valence-electron chi connectivity index (χ2n) is 8.19. The molecule has 2 saturated heterocycles. The zero-order valence-electron chi connectivity index (χ0n) is 15.5. The first-order valence-electron chi connectivity index (χ1n) is 9.64. The quantitative estimate of drug-likeness (QED) is 0.850. The van der Waals surface area contributed by atoms with Gasteiger partial charge in [-0.25, -0.2) is 9.18 Å². The first kappa shape index (κ1) is 17.9. The number of carboxylic acids is 1. The van der Waals surface area contributed by atoms with Crippen LogP contribution in [0.2, 0.25) is 5.02 Å². The number of hydrogen-bond donors (Lipinski definition) is 1. The summed E-state index contributed by atoms with van der Waals surface area (Å²) in [5.41, 5.74) is -0.261. The number of benzene rings is 1. The Morgan fingerprint density at radius 3 is 2.36 bits per heavy atom. The van der Waals surface area contributed by atoms with Crippen LogP contribution in [0.3, 0.4) is 0 Å². The number of aromatic nitrogens is 1. The Hall–Kier alpha value is -2.12. The summed E-state index contributed by atoms with van der Waals surface area (Å²) in [5.74, 6) is -1.87. The average Bonchev–Trinajstić information content (AvgIpc) is 3.44. The van der Waals surface area contributed by atoms with Gasteiger partial charge < -0.3 is 14.6 Å². The zero-order chi connectivity index (χ0) is 19.7. The lowest BCUT2D eigenvalue weighted by atomic mass is 10.1. The maximum absolute atomic E-state index is 15.2. The van der Waals surface area contributed by atoms with Crippen LogP contribution >= 0.6 is 11.6 Å². The Morgan fingerprint density at radius 1 is 1.18 bits per heavy atom. The number of pyridine rings is 1. The molecule has 1 aliphatic carbocycles. The van der Waals surface area contributed by atoms with Crippen LogP contribution in [-0.4, -0.2) is 52.8 Å². The van der Waals surface area contributed by atoms with Crippen molar-refractivity contribution < 1.29 is 14.3 Å². The van der Waals surface area contributed by atoms with Crippen molar-refractivity contribution in [1.82, 2.24) is 9.47 Å². The molecule has 0 amide bonds. The zero-order valence-corrected chi connectivity index (χ0v) is 16.2. The van der Waals surface area contributed by atoms with E-state index in [-0.39, 0.29) is 22.0 Å². The minimum Gasteiger partial charge on any atom is -0.477 e. The lowest BCUT2D eigenvalue weighted by Crippen LogP contribution is -2.52. The van der Waals surface area contributed by atoms with Crippen LogP contribution < -0.4 is 10.3 Å². The molecule has 1 aromatic heterocycles. The lowest BCUT2D eigenvalue weighted by Gasteiger charge is -2.40. The number of carbonyl (C=O) groups is 1. The van der Waals surface area contributed by atoms with Crippen molar-refractivity contribution in [2.45, 2.75) is 43.8 Å². The highest BCUT2D eigenvalue weighted by atomic mass is 35.5. The summed E-state index contributed by atoms with van der Waals surface area (Å²) in [7, 11) is 2.11. The molecular weight excluding hydrogens is 385 g/mol. The number of piperazine rings is 1. The van der Waals surface area contributed by atoms with Crippen LogP contribution in [0.1, 0.15) is 42.1 Å². The highest BCUT2D eigenvalue weighted by molar-refractivity contribution is 6.38. The Labute approximate surface area is 166 Å². The van der Waals surface area contributed by atoms with Gasteiger partial charge in [-0.05, 0) is 38.8 Å².